The summed E-state index contributed by atoms with van der Waals surface area (Å²) in [6.07, 6.45) is 1.01. The maximum absolute atomic E-state index is 5.39. The number of guanidine groups is 1. The molecule has 0 aliphatic carbocycles. The number of aliphatic imine (C=N–C) groups is 1. The highest BCUT2D eigenvalue weighted by atomic mass is 16.5. The van der Waals surface area contributed by atoms with Gasteiger partial charge in [0.25, 0.3) is 0 Å². The summed E-state index contributed by atoms with van der Waals surface area (Å²) >= 11 is 0. The van der Waals surface area contributed by atoms with Crippen molar-refractivity contribution in [1.82, 2.24) is 10.7 Å². The number of nitrogens with two attached hydrogens (primary N) is 1. The number of hydrogen-bond donors (Lipinski definition) is 3. The molecule has 0 radical (unpaired) electrons. The van der Waals surface area contributed by atoms with Gasteiger partial charge in [-0.3, -0.25) is 5.43 Å². The molecule has 0 aromatic heterocycles. The molecule has 19 heavy (non-hydrogen) atoms. The molecule has 0 saturated heterocycles. The van der Waals surface area contributed by atoms with Crippen molar-refractivity contribution in [3.63, 3.8) is 0 Å². The van der Waals surface area contributed by atoms with Gasteiger partial charge in [-0.1, -0.05) is 13.0 Å². The van der Waals surface area contributed by atoms with Gasteiger partial charge in [0.05, 0.1) is 20.8 Å². The molecule has 106 valence electrons. The van der Waals surface area contributed by atoms with Crippen LogP contribution in [0.1, 0.15) is 18.9 Å². The fourth-order valence-corrected chi connectivity index (χ4v) is 1.55. The van der Waals surface area contributed by atoms with E-state index in [1.165, 1.54) is 0 Å². The summed E-state index contributed by atoms with van der Waals surface area (Å²) in [4.78, 5) is 4.35. The zero-order valence-electron chi connectivity index (χ0n) is 11.7. The molecule has 0 bridgehead atoms. The lowest BCUT2D eigenvalue weighted by molar-refractivity contribution is 0.354. The van der Waals surface area contributed by atoms with Crippen molar-refractivity contribution < 1.29 is 9.47 Å². The van der Waals surface area contributed by atoms with Crippen LogP contribution in [0.25, 0.3) is 0 Å². The highest BCUT2D eigenvalue weighted by Crippen LogP contribution is 2.27. The van der Waals surface area contributed by atoms with Gasteiger partial charge in [-0.15, -0.1) is 0 Å². The van der Waals surface area contributed by atoms with Crippen molar-refractivity contribution in [2.45, 2.75) is 19.9 Å². The first-order chi connectivity index (χ1) is 9.24. The number of benzene rings is 1. The second-order valence-corrected chi connectivity index (χ2v) is 3.93. The summed E-state index contributed by atoms with van der Waals surface area (Å²) in [5.41, 5.74) is 3.56. The Bertz CT molecular complexity index is 421. The summed E-state index contributed by atoms with van der Waals surface area (Å²) in [5.74, 6) is 7.37. The van der Waals surface area contributed by atoms with E-state index in [1.807, 2.05) is 18.2 Å². The second kappa shape index (κ2) is 8.20. The maximum atomic E-state index is 5.39. The Kier molecular flexibility index (Phi) is 6.52. The average molecular weight is 266 g/mol. The first-order valence-electron chi connectivity index (χ1n) is 6.21. The molecule has 1 rings (SSSR count). The van der Waals surface area contributed by atoms with Gasteiger partial charge >= 0.3 is 0 Å². The van der Waals surface area contributed by atoms with E-state index in [0.717, 1.165) is 18.5 Å². The monoisotopic (exact) mass is 266 g/mol. The second-order valence-electron chi connectivity index (χ2n) is 3.93. The highest BCUT2D eigenvalue weighted by molar-refractivity contribution is 5.79. The van der Waals surface area contributed by atoms with Crippen LogP contribution in [0.5, 0.6) is 11.5 Å². The van der Waals surface area contributed by atoms with E-state index in [2.05, 4.69) is 22.7 Å². The topological polar surface area (TPSA) is 80.9 Å². The van der Waals surface area contributed by atoms with E-state index in [1.54, 1.807) is 14.2 Å². The molecule has 0 fully saturated rings. The Labute approximate surface area is 114 Å². The predicted molar refractivity (Wildman–Crippen MR) is 76.3 cm³/mol. The van der Waals surface area contributed by atoms with Crippen LogP contribution in [-0.4, -0.2) is 26.7 Å². The van der Waals surface area contributed by atoms with E-state index in [4.69, 9.17) is 15.3 Å². The van der Waals surface area contributed by atoms with Crippen molar-refractivity contribution in [3.8, 4) is 11.5 Å². The van der Waals surface area contributed by atoms with Crippen LogP contribution in [0, 0.1) is 0 Å². The van der Waals surface area contributed by atoms with Crippen LogP contribution in [0.15, 0.2) is 23.2 Å². The van der Waals surface area contributed by atoms with Crippen molar-refractivity contribution in [3.05, 3.63) is 23.8 Å². The highest BCUT2D eigenvalue weighted by Gasteiger charge is 2.04. The number of nitrogens with one attached hydrogen (secondary N) is 2. The van der Waals surface area contributed by atoms with Crippen molar-refractivity contribution in [2.24, 2.45) is 10.8 Å². The van der Waals surface area contributed by atoms with Gasteiger partial charge in [-0.05, 0) is 24.1 Å². The zero-order chi connectivity index (χ0) is 14.1. The zero-order valence-corrected chi connectivity index (χ0v) is 11.7. The third kappa shape index (κ3) is 4.67. The molecule has 0 heterocycles. The lowest BCUT2D eigenvalue weighted by Crippen LogP contribution is -2.41. The summed E-state index contributed by atoms with van der Waals surface area (Å²) in [6, 6.07) is 5.70. The van der Waals surface area contributed by atoms with Crippen molar-refractivity contribution >= 4 is 5.96 Å². The van der Waals surface area contributed by atoms with Crippen molar-refractivity contribution in [1.29, 1.82) is 0 Å². The molecule has 0 saturated carbocycles. The number of hydrogen-bond acceptors (Lipinski definition) is 4. The molecular weight excluding hydrogens is 244 g/mol. The van der Waals surface area contributed by atoms with Gasteiger partial charge in [-0.25, -0.2) is 10.8 Å². The molecule has 1 aromatic carbocycles. The number of rotatable bonds is 6. The number of hydrazine groups is 1. The van der Waals surface area contributed by atoms with Gasteiger partial charge in [-0.2, -0.15) is 0 Å². The van der Waals surface area contributed by atoms with Crippen LogP contribution in [0.2, 0.25) is 0 Å². The SMILES string of the molecule is CCCNC(=NCc1ccc(OC)c(OC)c1)NN. The van der Waals surface area contributed by atoms with Gasteiger partial charge in [0.2, 0.25) is 5.96 Å². The Morgan fingerprint density at radius 2 is 2.00 bits per heavy atom. The van der Waals surface area contributed by atoms with E-state index in [0.29, 0.717) is 24.0 Å². The first kappa shape index (κ1) is 15.1. The van der Waals surface area contributed by atoms with E-state index < -0.39 is 0 Å². The summed E-state index contributed by atoms with van der Waals surface area (Å²) in [7, 11) is 3.22. The minimum absolute atomic E-state index is 0.511. The minimum Gasteiger partial charge on any atom is -0.493 e. The third-order valence-corrected chi connectivity index (χ3v) is 2.55. The Hall–Kier alpha value is -1.95. The van der Waals surface area contributed by atoms with Gasteiger partial charge in [0.15, 0.2) is 11.5 Å². The third-order valence-electron chi connectivity index (χ3n) is 2.55. The Morgan fingerprint density at radius 1 is 1.26 bits per heavy atom. The summed E-state index contributed by atoms with van der Waals surface area (Å²) in [6.45, 7) is 3.42. The smallest absolute Gasteiger partial charge is 0.206 e. The quantitative estimate of drug-likeness (QED) is 0.310. The number of nitrogens with zero attached hydrogens (tertiary/aromatic N) is 1. The average Bonchev–Trinajstić information content (AvgIpc) is 2.47. The minimum atomic E-state index is 0.511. The number of methoxy groups -OCH3 is 2. The van der Waals surface area contributed by atoms with Crippen LogP contribution in [0.3, 0.4) is 0 Å². The fourth-order valence-electron chi connectivity index (χ4n) is 1.55. The van der Waals surface area contributed by atoms with E-state index in [-0.39, 0.29) is 0 Å². The molecule has 0 unspecified atom stereocenters. The molecule has 0 aliphatic heterocycles. The van der Waals surface area contributed by atoms with E-state index >= 15 is 0 Å². The molecule has 0 amide bonds. The van der Waals surface area contributed by atoms with Crippen LogP contribution in [-0.2, 0) is 6.54 Å². The number of ether oxygens (including phenoxy) is 2. The molecule has 0 aliphatic rings. The Morgan fingerprint density at radius 3 is 2.58 bits per heavy atom. The first-order valence-corrected chi connectivity index (χ1v) is 6.21. The maximum Gasteiger partial charge on any atom is 0.206 e. The normalized spacial score (nSPS) is 11.1. The fraction of sp³-hybridized carbons (Fsp3) is 0.462. The van der Waals surface area contributed by atoms with Gasteiger partial charge in [0.1, 0.15) is 0 Å². The molecule has 6 nitrogen and oxygen atoms in total. The summed E-state index contributed by atoms with van der Waals surface area (Å²) < 4.78 is 10.4. The Balaban J connectivity index is 2.73. The van der Waals surface area contributed by atoms with Crippen LogP contribution in [0.4, 0.5) is 0 Å². The van der Waals surface area contributed by atoms with Crippen LogP contribution < -0.4 is 26.1 Å². The predicted octanol–water partition coefficient (Wildman–Crippen LogP) is 1.02. The summed E-state index contributed by atoms with van der Waals surface area (Å²) in [5, 5.41) is 3.10. The van der Waals surface area contributed by atoms with E-state index in [9.17, 15) is 0 Å². The molecule has 6 heteroatoms. The molecule has 1 aromatic rings. The lowest BCUT2D eigenvalue weighted by atomic mass is 10.2. The molecule has 0 spiro atoms. The van der Waals surface area contributed by atoms with Crippen molar-refractivity contribution in [2.75, 3.05) is 20.8 Å². The van der Waals surface area contributed by atoms with Gasteiger partial charge in [0, 0.05) is 6.54 Å². The molecule has 4 N–H and O–H groups in total. The van der Waals surface area contributed by atoms with Gasteiger partial charge < -0.3 is 14.8 Å². The molecule has 0 atom stereocenters. The molecular formula is C13H22N4O2. The standard InChI is InChI=1S/C13H22N4O2/c1-4-7-15-13(17-14)16-9-10-5-6-11(18-2)12(8-10)19-3/h5-6,8H,4,7,9,14H2,1-3H3,(H2,15,16,17). The lowest BCUT2D eigenvalue weighted by Gasteiger charge is -2.10. The largest absolute Gasteiger partial charge is 0.493 e. The van der Waals surface area contributed by atoms with Crippen LogP contribution >= 0.6 is 0 Å².